The summed E-state index contributed by atoms with van der Waals surface area (Å²) in [5, 5.41) is 0. The number of ether oxygens (including phenoxy) is 1. The Morgan fingerprint density at radius 1 is 1.18 bits per heavy atom. The van der Waals surface area contributed by atoms with Crippen LogP contribution in [0.15, 0.2) is 51.5 Å². The molecule has 2 unspecified atom stereocenters. The first-order chi connectivity index (χ1) is 13.5. The highest BCUT2D eigenvalue weighted by molar-refractivity contribution is 9.10. The maximum Gasteiger partial charge on any atom is 0.228 e. The molecule has 8 heteroatoms. The Morgan fingerprint density at radius 2 is 2.04 bits per heavy atom. The number of likely N-dealkylation sites (tertiary alicyclic amines) is 1. The van der Waals surface area contributed by atoms with Crippen molar-refractivity contribution in [1.82, 2.24) is 9.88 Å². The van der Waals surface area contributed by atoms with Crippen LogP contribution in [0.3, 0.4) is 0 Å². The van der Waals surface area contributed by atoms with E-state index in [1.54, 1.807) is 11.1 Å². The van der Waals surface area contributed by atoms with Gasteiger partial charge in [0.1, 0.15) is 6.10 Å². The number of pyridine rings is 1. The van der Waals surface area contributed by atoms with Crippen molar-refractivity contribution in [3.05, 3.63) is 51.5 Å². The monoisotopic (exact) mass is 507 g/mol. The van der Waals surface area contributed by atoms with E-state index in [0.29, 0.717) is 25.5 Å². The Balaban J connectivity index is 1.38. The van der Waals surface area contributed by atoms with Crippen LogP contribution in [0.4, 0.5) is 5.69 Å². The van der Waals surface area contributed by atoms with Crippen molar-refractivity contribution in [3.8, 4) is 5.88 Å². The summed E-state index contributed by atoms with van der Waals surface area (Å²) in [5.74, 6) is 0.239. The minimum Gasteiger partial charge on any atom is -0.472 e. The zero-order chi connectivity index (χ0) is 19.7. The smallest absolute Gasteiger partial charge is 0.228 e. The van der Waals surface area contributed by atoms with Gasteiger partial charge in [-0.15, -0.1) is 0 Å². The molecule has 0 saturated carbocycles. The Labute approximate surface area is 180 Å². The van der Waals surface area contributed by atoms with Gasteiger partial charge in [-0.2, -0.15) is 0 Å². The second-order valence-corrected chi connectivity index (χ2v) is 8.76. The molecular formula is C20H19Br2N3O3. The van der Waals surface area contributed by atoms with Gasteiger partial charge in [-0.25, -0.2) is 4.98 Å². The molecule has 2 aromatic rings. The normalized spacial score (nSPS) is 22.0. The molecule has 2 atom stereocenters. The summed E-state index contributed by atoms with van der Waals surface area (Å²) < 4.78 is 7.65. The summed E-state index contributed by atoms with van der Waals surface area (Å²) in [6, 6.07) is 11.3. The number of nitrogens with zero attached hydrogens (tertiary/aromatic N) is 3. The van der Waals surface area contributed by atoms with Crippen LogP contribution >= 0.6 is 31.9 Å². The molecule has 0 aliphatic carbocycles. The summed E-state index contributed by atoms with van der Waals surface area (Å²) in [5.41, 5.74) is 0.817. The van der Waals surface area contributed by atoms with Crippen molar-refractivity contribution in [1.29, 1.82) is 0 Å². The number of carbonyl (C=O) groups excluding carboxylic acids is 2. The van der Waals surface area contributed by atoms with Crippen LogP contribution in [0.25, 0.3) is 0 Å². The van der Waals surface area contributed by atoms with E-state index in [4.69, 9.17) is 4.74 Å². The van der Waals surface area contributed by atoms with Gasteiger partial charge in [-0.3, -0.25) is 9.59 Å². The molecule has 1 aromatic heterocycles. The van der Waals surface area contributed by atoms with E-state index in [9.17, 15) is 9.59 Å². The van der Waals surface area contributed by atoms with E-state index in [2.05, 4.69) is 36.8 Å². The lowest BCUT2D eigenvalue weighted by atomic mass is 10.1. The number of aromatic nitrogens is 1. The first-order valence-electron chi connectivity index (χ1n) is 9.13. The Kier molecular flexibility index (Phi) is 5.68. The number of anilines is 1. The second-order valence-electron chi connectivity index (χ2n) is 6.99. The molecular weight excluding hydrogens is 490 g/mol. The maximum atomic E-state index is 13.0. The fourth-order valence-corrected chi connectivity index (χ4v) is 4.40. The van der Waals surface area contributed by atoms with Crippen molar-refractivity contribution in [2.75, 3.05) is 24.5 Å². The topological polar surface area (TPSA) is 62.7 Å². The number of hydrogen-bond donors (Lipinski definition) is 0. The first-order valence-corrected chi connectivity index (χ1v) is 10.7. The molecule has 3 heterocycles. The number of rotatable bonds is 4. The fourth-order valence-electron chi connectivity index (χ4n) is 3.67. The number of amides is 2. The lowest BCUT2D eigenvalue weighted by Crippen LogP contribution is -2.37. The Hall–Kier alpha value is -1.93. The van der Waals surface area contributed by atoms with Crippen LogP contribution in [0, 0.1) is 5.92 Å². The van der Waals surface area contributed by atoms with Crippen LogP contribution in [0.2, 0.25) is 0 Å². The van der Waals surface area contributed by atoms with E-state index in [1.807, 2.05) is 41.3 Å². The van der Waals surface area contributed by atoms with E-state index < -0.39 is 0 Å². The van der Waals surface area contributed by atoms with Gasteiger partial charge in [-0.05, 0) is 46.3 Å². The Bertz CT molecular complexity index is 908. The number of carbonyl (C=O) groups is 2. The van der Waals surface area contributed by atoms with Gasteiger partial charge in [0.25, 0.3) is 0 Å². The number of benzene rings is 1. The zero-order valence-corrected chi connectivity index (χ0v) is 18.2. The standard InChI is InChI=1S/C20H19Br2N3O3/c21-14-3-1-4-15(10-14)25-11-13(9-18(25)26)20(27)24-8-6-16(12-24)28-19-17(22)5-2-7-23-19/h1-5,7,10,13,16H,6,8-9,11-12H2. The minimum atomic E-state index is -0.313. The Morgan fingerprint density at radius 3 is 2.82 bits per heavy atom. The van der Waals surface area contributed by atoms with Crippen molar-refractivity contribution in [3.63, 3.8) is 0 Å². The third-order valence-corrected chi connectivity index (χ3v) is 6.15. The molecule has 0 radical (unpaired) electrons. The molecule has 0 bridgehead atoms. The fraction of sp³-hybridized carbons (Fsp3) is 0.350. The highest BCUT2D eigenvalue weighted by Crippen LogP contribution is 2.30. The summed E-state index contributed by atoms with van der Waals surface area (Å²) in [6.07, 6.45) is 2.59. The van der Waals surface area contributed by atoms with Gasteiger partial charge in [0, 0.05) is 42.3 Å². The van der Waals surface area contributed by atoms with Gasteiger partial charge in [0.05, 0.1) is 16.9 Å². The summed E-state index contributed by atoms with van der Waals surface area (Å²) in [7, 11) is 0. The van der Waals surface area contributed by atoms with Gasteiger partial charge in [0.15, 0.2) is 0 Å². The predicted octanol–water partition coefficient (Wildman–Crippen LogP) is 3.64. The second kappa shape index (κ2) is 8.21. The molecule has 2 fully saturated rings. The predicted molar refractivity (Wildman–Crippen MR) is 112 cm³/mol. The van der Waals surface area contributed by atoms with E-state index in [1.165, 1.54) is 0 Å². The van der Waals surface area contributed by atoms with Crippen LogP contribution in [0.1, 0.15) is 12.8 Å². The van der Waals surface area contributed by atoms with E-state index in [0.717, 1.165) is 21.1 Å². The van der Waals surface area contributed by atoms with Gasteiger partial charge >= 0.3 is 0 Å². The van der Waals surface area contributed by atoms with Gasteiger partial charge in [-0.1, -0.05) is 22.0 Å². The number of hydrogen-bond acceptors (Lipinski definition) is 4. The van der Waals surface area contributed by atoms with Crippen molar-refractivity contribution in [2.24, 2.45) is 5.92 Å². The average Bonchev–Trinajstić information content (AvgIpc) is 3.30. The maximum absolute atomic E-state index is 13.0. The molecule has 4 rings (SSSR count). The summed E-state index contributed by atoms with van der Waals surface area (Å²) >= 11 is 6.86. The van der Waals surface area contributed by atoms with Crippen molar-refractivity contribution < 1.29 is 14.3 Å². The van der Waals surface area contributed by atoms with Crippen LogP contribution < -0.4 is 9.64 Å². The van der Waals surface area contributed by atoms with Gasteiger partial charge < -0.3 is 14.5 Å². The lowest BCUT2D eigenvalue weighted by Gasteiger charge is -2.21. The highest BCUT2D eigenvalue weighted by Gasteiger charge is 2.39. The molecule has 0 spiro atoms. The van der Waals surface area contributed by atoms with Gasteiger partial charge in [0.2, 0.25) is 17.7 Å². The van der Waals surface area contributed by atoms with Crippen LogP contribution in [-0.4, -0.2) is 47.4 Å². The number of halogens is 2. The SMILES string of the molecule is O=C(C1CC(=O)N(c2cccc(Br)c2)C1)N1CCC(Oc2ncccc2Br)C1. The van der Waals surface area contributed by atoms with E-state index >= 15 is 0 Å². The molecule has 28 heavy (non-hydrogen) atoms. The molecule has 2 aliphatic heterocycles. The molecule has 146 valence electrons. The zero-order valence-electron chi connectivity index (χ0n) is 15.1. The third kappa shape index (κ3) is 4.07. The molecule has 2 amide bonds. The largest absolute Gasteiger partial charge is 0.472 e. The highest BCUT2D eigenvalue weighted by atomic mass is 79.9. The first kappa shape index (κ1) is 19.4. The molecule has 6 nitrogen and oxygen atoms in total. The van der Waals surface area contributed by atoms with Crippen molar-refractivity contribution >= 4 is 49.4 Å². The van der Waals surface area contributed by atoms with E-state index in [-0.39, 0.29) is 30.3 Å². The van der Waals surface area contributed by atoms with Crippen LogP contribution in [0.5, 0.6) is 5.88 Å². The molecule has 2 aliphatic rings. The third-order valence-electron chi connectivity index (χ3n) is 5.05. The molecule has 0 N–H and O–H groups in total. The molecule has 2 saturated heterocycles. The minimum absolute atomic E-state index is 0.0131. The lowest BCUT2D eigenvalue weighted by molar-refractivity contribution is -0.135. The molecule has 1 aromatic carbocycles. The summed E-state index contributed by atoms with van der Waals surface area (Å²) in [4.78, 5) is 33.1. The van der Waals surface area contributed by atoms with Crippen molar-refractivity contribution in [2.45, 2.75) is 18.9 Å². The quantitative estimate of drug-likeness (QED) is 0.632. The average molecular weight is 509 g/mol. The van der Waals surface area contributed by atoms with Crippen LogP contribution in [-0.2, 0) is 9.59 Å². The summed E-state index contributed by atoms with van der Waals surface area (Å²) in [6.45, 7) is 1.57.